The first-order chi connectivity index (χ1) is 5.99. The molecule has 1 heterocycles. The van der Waals surface area contributed by atoms with Gasteiger partial charge in [0.05, 0.1) is 6.20 Å². The predicted molar refractivity (Wildman–Crippen MR) is 34.1 cm³/mol. The largest absolute Gasteiger partial charge is 1.00 e. The first-order valence-corrected chi connectivity index (χ1v) is 2.96. The molecular formula is C6H2F3LiN4. The standard InChI is InChI=1S/C6HF3N4.Li.H/c7-6(8,9)5-12-4(1-10)2-13(5)3-11;;/h2H;;/q;+1;-1. The Bertz CT molecular complexity index is 413. The van der Waals surface area contributed by atoms with Gasteiger partial charge in [0.25, 0.3) is 0 Å². The second kappa shape index (κ2) is 4.19. The maximum atomic E-state index is 12.0. The van der Waals surface area contributed by atoms with E-state index in [1.54, 1.807) is 0 Å². The Morgan fingerprint density at radius 2 is 2.00 bits per heavy atom. The zero-order valence-electron chi connectivity index (χ0n) is 8.00. The van der Waals surface area contributed by atoms with Crippen molar-refractivity contribution < 1.29 is 33.5 Å². The predicted octanol–water partition coefficient (Wildman–Crippen LogP) is -1.78. The first-order valence-electron chi connectivity index (χ1n) is 2.96. The van der Waals surface area contributed by atoms with Crippen LogP contribution in [0.3, 0.4) is 0 Å². The van der Waals surface area contributed by atoms with Crippen LogP contribution in [-0.2, 0) is 6.18 Å². The molecule has 0 radical (unpaired) electrons. The van der Waals surface area contributed by atoms with Crippen LogP contribution in [0.4, 0.5) is 13.2 Å². The van der Waals surface area contributed by atoms with Gasteiger partial charge < -0.3 is 1.43 Å². The molecule has 1 aromatic rings. The minimum Gasteiger partial charge on any atom is -1.00 e. The third-order valence-corrected chi connectivity index (χ3v) is 1.18. The van der Waals surface area contributed by atoms with Crippen molar-refractivity contribution in [3.8, 4) is 12.3 Å². The summed E-state index contributed by atoms with van der Waals surface area (Å²) in [5.41, 5.74) is -0.436. The summed E-state index contributed by atoms with van der Waals surface area (Å²) < 4.78 is 36.3. The van der Waals surface area contributed by atoms with Crippen LogP contribution in [0.2, 0.25) is 0 Å². The number of hydrogen-bond acceptors (Lipinski definition) is 3. The number of imidazole rings is 1. The second-order valence-electron chi connectivity index (χ2n) is 2.03. The normalized spacial score (nSPS) is 9.79. The summed E-state index contributed by atoms with van der Waals surface area (Å²) in [6.07, 6.45) is -2.75. The molecule has 0 aliphatic heterocycles. The van der Waals surface area contributed by atoms with Crippen molar-refractivity contribution >= 4 is 0 Å². The molecule has 0 bridgehead atoms. The summed E-state index contributed by atoms with van der Waals surface area (Å²) in [5, 5.41) is 16.5. The quantitative estimate of drug-likeness (QED) is 0.458. The number of nitrogens with zero attached hydrogens (tertiary/aromatic N) is 4. The van der Waals surface area contributed by atoms with E-state index in [0.717, 1.165) is 6.20 Å². The van der Waals surface area contributed by atoms with Crippen molar-refractivity contribution in [3.63, 3.8) is 0 Å². The van der Waals surface area contributed by atoms with Gasteiger partial charge in [-0.25, -0.2) is 9.55 Å². The van der Waals surface area contributed by atoms with Crippen molar-refractivity contribution in [2.45, 2.75) is 6.18 Å². The van der Waals surface area contributed by atoms with E-state index in [1.807, 2.05) is 0 Å². The Morgan fingerprint density at radius 1 is 1.43 bits per heavy atom. The van der Waals surface area contributed by atoms with Gasteiger partial charge >= 0.3 is 25.0 Å². The topological polar surface area (TPSA) is 65.4 Å². The average molecular weight is 194 g/mol. The van der Waals surface area contributed by atoms with Gasteiger partial charge in [0.2, 0.25) is 5.82 Å². The molecule has 8 heteroatoms. The van der Waals surface area contributed by atoms with Crippen molar-refractivity contribution in [2.24, 2.45) is 0 Å². The van der Waals surface area contributed by atoms with Crippen LogP contribution in [-0.4, -0.2) is 9.55 Å². The van der Waals surface area contributed by atoms with E-state index in [4.69, 9.17) is 10.5 Å². The smallest absolute Gasteiger partial charge is 1.00 e. The fourth-order valence-electron chi connectivity index (χ4n) is 0.710. The van der Waals surface area contributed by atoms with E-state index in [2.05, 4.69) is 4.98 Å². The molecule has 0 aromatic carbocycles. The molecule has 14 heavy (non-hydrogen) atoms. The van der Waals surface area contributed by atoms with E-state index in [-0.39, 0.29) is 24.9 Å². The Morgan fingerprint density at radius 3 is 2.29 bits per heavy atom. The number of halogens is 3. The Hall–Kier alpha value is -1.42. The molecule has 1 aromatic heterocycles. The maximum Gasteiger partial charge on any atom is 1.00 e. The van der Waals surface area contributed by atoms with Crippen LogP contribution >= 0.6 is 0 Å². The fourth-order valence-corrected chi connectivity index (χ4v) is 0.710. The van der Waals surface area contributed by atoms with Crippen LogP contribution in [0.5, 0.6) is 0 Å². The average Bonchev–Trinajstić information content (AvgIpc) is 2.46. The molecule has 1 rings (SSSR count). The Balaban J connectivity index is 0. The van der Waals surface area contributed by atoms with E-state index in [9.17, 15) is 13.2 Å². The molecule has 0 aliphatic rings. The SMILES string of the molecule is N#Cc1cn(C#N)c(C(F)(F)F)n1.[H-].[Li+]. The van der Waals surface area contributed by atoms with Crippen LogP contribution in [0.25, 0.3) is 0 Å². The molecule has 68 valence electrons. The van der Waals surface area contributed by atoms with Crippen molar-refractivity contribution in [3.05, 3.63) is 17.7 Å². The van der Waals surface area contributed by atoms with Gasteiger partial charge in [0, 0.05) is 0 Å². The summed E-state index contributed by atoms with van der Waals surface area (Å²) in [5.74, 6) is -1.38. The van der Waals surface area contributed by atoms with Gasteiger partial charge in [-0.15, -0.1) is 0 Å². The monoisotopic (exact) mass is 194 g/mol. The number of nitriles is 2. The number of rotatable bonds is 0. The van der Waals surface area contributed by atoms with Crippen LogP contribution in [0.15, 0.2) is 6.20 Å². The third-order valence-electron chi connectivity index (χ3n) is 1.18. The summed E-state index contributed by atoms with van der Waals surface area (Å²) in [4.78, 5) is 2.93. The van der Waals surface area contributed by atoms with Crippen LogP contribution < -0.4 is 18.9 Å². The second-order valence-corrected chi connectivity index (χ2v) is 2.03. The molecule has 0 saturated heterocycles. The van der Waals surface area contributed by atoms with Gasteiger partial charge in [-0.05, 0) is 0 Å². The zero-order chi connectivity index (χ0) is 10.1. The van der Waals surface area contributed by atoms with E-state index < -0.39 is 17.7 Å². The van der Waals surface area contributed by atoms with Crippen molar-refractivity contribution in [2.75, 3.05) is 0 Å². The molecule has 0 atom stereocenters. The Kier molecular flexibility index (Phi) is 3.77. The van der Waals surface area contributed by atoms with Crippen molar-refractivity contribution in [1.82, 2.24) is 9.55 Å². The minimum absolute atomic E-state index is 0. The van der Waals surface area contributed by atoms with Crippen molar-refractivity contribution in [1.29, 1.82) is 10.5 Å². The summed E-state index contributed by atoms with van der Waals surface area (Å²) in [6, 6.07) is 1.41. The van der Waals surface area contributed by atoms with Gasteiger partial charge in [-0.1, -0.05) is 0 Å². The van der Waals surface area contributed by atoms with E-state index >= 15 is 0 Å². The molecule has 0 aliphatic carbocycles. The molecule has 0 saturated carbocycles. The molecule has 4 nitrogen and oxygen atoms in total. The summed E-state index contributed by atoms with van der Waals surface area (Å²) >= 11 is 0. The molecule has 0 unspecified atom stereocenters. The third kappa shape index (κ3) is 2.29. The Labute approximate surface area is 90.2 Å². The van der Waals surface area contributed by atoms with E-state index in [0.29, 0.717) is 0 Å². The summed E-state index contributed by atoms with van der Waals surface area (Å²) in [7, 11) is 0. The van der Waals surface area contributed by atoms with Crippen LogP contribution in [0, 0.1) is 22.8 Å². The molecule has 0 N–H and O–H groups in total. The van der Waals surface area contributed by atoms with Gasteiger partial charge in [-0.2, -0.15) is 23.7 Å². The maximum absolute atomic E-state index is 12.0. The molecule has 0 amide bonds. The molecule has 0 spiro atoms. The summed E-state index contributed by atoms with van der Waals surface area (Å²) in [6.45, 7) is 0. The zero-order valence-corrected chi connectivity index (χ0v) is 7.00. The molecule has 0 fully saturated rings. The fraction of sp³-hybridized carbons (Fsp3) is 0.167. The van der Waals surface area contributed by atoms with Gasteiger partial charge in [0.1, 0.15) is 6.07 Å². The van der Waals surface area contributed by atoms with E-state index in [1.165, 1.54) is 12.3 Å². The number of alkyl halides is 3. The minimum atomic E-state index is -4.72. The first kappa shape index (κ1) is 12.6. The number of hydrogen-bond donors (Lipinski definition) is 0. The number of aromatic nitrogens is 2. The van der Waals surface area contributed by atoms with Gasteiger partial charge in [0.15, 0.2) is 11.9 Å². The van der Waals surface area contributed by atoms with Gasteiger partial charge in [-0.3, -0.25) is 0 Å². The van der Waals surface area contributed by atoms with Crippen LogP contribution in [0.1, 0.15) is 12.9 Å². The molecular weight excluding hydrogens is 192 g/mol.